The predicted octanol–water partition coefficient (Wildman–Crippen LogP) is 1.28. The topological polar surface area (TPSA) is 39.6 Å². The first-order valence-corrected chi connectivity index (χ1v) is 6.28. The molecule has 0 spiro atoms. The van der Waals surface area contributed by atoms with Gasteiger partial charge in [-0.1, -0.05) is 13.0 Å². The number of pyridine rings is 1. The molecule has 1 N–H and O–H groups in total. The van der Waals surface area contributed by atoms with E-state index in [0.29, 0.717) is 0 Å². The van der Waals surface area contributed by atoms with Crippen LogP contribution in [0.3, 0.4) is 0 Å². The van der Waals surface area contributed by atoms with E-state index >= 15 is 0 Å². The molecule has 0 aromatic carbocycles. The Morgan fingerprint density at radius 3 is 2.53 bits per heavy atom. The minimum Gasteiger partial charge on any atom is -0.388 e. The molecule has 0 saturated carbocycles. The maximum atomic E-state index is 9.70. The van der Waals surface area contributed by atoms with E-state index in [2.05, 4.69) is 21.8 Å². The van der Waals surface area contributed by atoms with Crippen LogP contribution < -0.4 is 4.90 Å². The summed E-state index contributed by atoms with van der Waals surface area (Å²) in [5.74, 6) is 1.02. The molecule has 1 saturated heterocycles. The Morgan fingerprint density at radius 1 is 1.29 bits per heavy atom. The molecule has 1 aliphatic rings. The zero-order valence-electron chi connectivity index (χ0n) is 10.6. The molecule has 1 atom stereocenters. The van der Waals surface area contributed by atoms with Crippen LogP contribution in [0.25, 0.3) is 0 Å². The fraction of sp³-hybridized carbons (Fsp3) is 0.615. The zero-order chi connectivity index (χ0) is 12.3. The van der Waals surface area contributed by atoms with Gasteiger partial charge in [-0.25, -0.2) is 4.98 Å². The molecule has 2 heterocycles. The third-order valence-corrected chi connectivity index (χ3v) is 3.37. The van der Waals surface area contributed by atoms with Crippen molar-refractivity contribution in [2.45, 2.75) is 19.4 Å². The maximum absolute atomic E-state index is 9.70. The lowest BCUT2D eigenvalue weighted by Gasteiger charge is -2.33. The molecule has 0 bridgehead atoms. The summed E-state index contributed by atoms with van der Waals surface area (Å²) < 4.78 is 0. The van der Waals surface area contributed by atoms with Gasteiger partial charge in [0.15, 0.2) is 0 Å². The Hall–Kier alpha value is -1.13. The normalized spacial score (nSPS) is 19.4. The molecule has 0 amide bonds. The van der Waals surface area contributed by atoms with Crippen molar-refractivity contribution in [3.05, 3.63) is 23.9 Å². The summed E-state index contributed by atoms with van der Waals surface area (Å²) in [5, 5.41) is 9.70. The second-order valence-electron chi connectivity index (χ2n) is 4.66. The highest BCUT2D eigenvalue weighted by molar-refractivity contribution is 5.40. The van der Waals surface area contributed by atoms with Crippen LogP contribution in [0.15, 0.2) is 18.3 Å². The van der Waals surface area contributed by atoms with Crippen molar-refractivity contribution in [1.82, 2.24) is 9.88 Å². The summed E-state index contributed by atoms with van der Waals surface area (Å²) in [6, 6.07) is 3.99. The van der Waals surface area contributed by atoms with Gasteiger partial charge >= 0.3 is 0 Å². The van der Waals surface area contributed by atoms with E-state index in [1.54, 1.807) is 6.20 Å². The quantitative estimate of drug-likeness (QED) is 0.856. The monoisotopic (exact) mass is 235 g/mol. The average Bonchev–Trinajstić information content (AvgIpc) is 2.39. The summed E-state index contributed by atoms with van der Waals surface area (Å²) >= 11 is 0. The van der Waals surface area contributed by atoms with E-state index in [0.717, 1.165) is 44.0 Å². The maximum Gasteiger partial charge on any atom is 0.128 e. The van der Waals surface area contributed by atoms with E-state index in [4.69, 9.17) is 0 Å². The van der Waals surface area contributed by atoms with Gasteiger partial charge < -0.3 is 14.9 Å². The van der Waals surface area contributed by atoms with Crippen molar-refractivity contribution in [3.8, 4) is 0 Å². The molecule has 2 rings (SSSR count). The Labute approximate surface area is 103 Å². The van der Waals surface area contributed by atoms with Crippen molar-refractivity contribution in [2.24, 2.45) is 0 Å². The van der Waals surface area contributed by atoms with Crippen LogP contribution in [0, 0.1) is 0 Å². The summed E-state index contributed by atoms with van der Waals surface area (Å²) in [6.07, 6.45) is 2.14. The van der Waals surface area contributed by atoms with Crippen LogP contribution in [0.1, 0.15) is 25.0 Å². The van der Waals surface area contributed by atoms with Crippen molar-refractivity contribution in [1.29, 1.82) is 0 Å². The fourth-order valence-electron chi connectivity index (χ4n) is 2.05. The predicted molar refractivity (Wildman–Crippen MR) is 69.2 cm³/mol. The number of anilines is 1. The SMILES string of the molecule is CCC(O)c1ccc(N2CCN(C)CC2)nc1. The van der Waals surface area contributed by atoms with Crippen molar-refractivity contribution in [2.75, 3.05) is 38.1 Å². The first-order chi connectivity index (χ1) is 8.20. The van der Waals surface area contributed by atoms with Gasteiger partial charge in [0, 0.05) is 32.4 Å². The number of hydrogen-bond donors (Lipinski definition) is 1. The van der Waals surface area contributed by atoms with Gasteiger partial charge in [-0.05, 0) is 25.1 Å². The molecule has 1 unspecified atom stereocenters. The molecular weight excluding hydrogens is 214 g/mol. The summed E-state index contributed by atoms with van der Waals surface area (Å²) in [5.41, 5.74) is 0.908. The summed E-state index contributed by atoms with van der Waals surface area (Å²) in [6.45, 7) is 6.19. The highest BCUT2D eigenvalue weighted by Crippen LogP contribution is 2.19. The Kier molecular flexibility index (Phi) is 3.97. The lowest BCUT2D eigenvalue weighted by molar-refractivity contribution is 0.173. The molecule has 17 heavy (non-hydrogen) atoms. The van der Waals surface area contributed by atoms with Gasteiger partial charge in [-0.3, -0.25) is 0 Å². The lowest BCUT2D eigenvalue weighted by Crippen LogP contribution is -2.44. The third kappa shape index (κ3) is 2.96. The van der Waals surface area contributed by atoms with Gasteiger partial charge in [-0.15, -0.1) is 0 Å². The molecule has 0 radical (unpaired) electrons. The molecule has 94 valence electrons. The van der Waals surface area contributed by atoms with Crippen molar-refractivity contribution < 1.29 is 5.11 Å². The van der Waals surface area contributed by atoms with Gasteiger partial charge in [0.1, 0.15) is 5.82 Å². The largest absolute Gasteiger partial charge is 0.388 e. The Bertz CT molecular complexity index is 344. The van der Waals surface area contributed by atoms with E-state index in [1.165, 1.54) is 0 Å². The Morgan fingerprint density at radius 2 is 2.00 bits per heavy atom. The standard InChI is InChI=1S/C13H21N3O/c1-3-12(17)11-4-5-13(14-10-11)16-8-6-15(2)7-9-16/h4-5,10,12,17H,3,6-9H2,1-2H3. The number of hydrogen-bond acceptors (Lipinski definition) is 4. The average molecular weight is 235 g/mol. The first-order valence-electron chi connectivity index (χ1n) is 6.28. The molecule has 1 aliphatic heterocycles. The highest BCUT2D eigenvalue weighted by atomic mass is 16.3. The van der Waals surface area contributed by atoms with Crippen LogP contribution >= 0.6 is 0 Å². The lowest BCUT2D eigenvalue weighted by atomic mass is 10.1. The molecule has 4 heteroatoms. The van der Waals surface area contributed by atoms with Gasteiger partial charge in [-0.2, -0.15) is 0 Å². The zero-order valence-corrected chi connectivity index (χ0v) is 10.6. The third-order valence-electron chi connectivity index (χ3n) is 3.37. The number of aliphatic hydroxyl groups is 1. The van der Waals surface area contributed by atoms with Crippen LogP contribution in [0.2, 0.25) is 0 Å². The number of aliphatic hydroxyl groups excluding tert-OH is 1. The van der Waals surface area contributed by atoms with E-state index in [-0.39, 0.29) is 6.10 Å². The smallest absolute Gasteiger partial charge is 0.128 e. The number of likely N-dealkylation sites (N-methyl/N-ethyl adjacent to an activating group) is 1. The Balaban J connectivity index is 2.02. The molecule has 0 aliphatic carbocycles. The number of piperazine rings is 1. The molecule has 1 aromatic rings. The summed E-state index contributed by atoms with van der Waals surface area (Å²) in [4.78, 5) is 9.06. The van der Waals surface area contributed by atoms with Gasteiger partial charge in [0.25, 0.3) is 0 Å². The minimum atomic E-state index is -0.385. The first kappa shape index (κ1) is 12.3. The van der Waals surface area contributed by atoms with Crippen molar-refractivity contribution in [3.63, 3.8) is 0 Å². The van der Waals surface area contributed by atoms with Gasteiger partial charge in [0.05, 0.1) is 6.10 Å². The van der Waals surface area contributed by atoms with Gasteiger partial charge in [0.2, 0.25) is 0 Å². The van der Waals surface area contributed by atoms with E-state index < -0.39 is 0 Å². The molecule has 1 fully saturated rings. The number of nitrogens with zero attached hydrogens (tertiary/aromatic N) is 3. The fourth-order valence-corrected chi connectivity index (χ4v) is 2.05. The second-order valence-corrected chi connectivity index (χ2v) is 4.66. The number of rotatable bonds is 3. The molecule has 1 aromatic heterocycles. The molecule has 4 nitrogen and oxygen atoms in total. The second kappa shape index (κ2) is 5.47. The molecular formula is C13H21N3O. The van der Waals surface area contributed by atoms with Crippen LogP contribution in [0.4, 0.5) is 5.82 Å². The summed E-state index contributed by atoms with van der Waals surface area (Å²) in [7, 11) is 2.14. The number of aromatic nitrogens is 1. The minimum absolute atomic E-state index is 0.385. The van der Waals surface area contributed by atoms with E-state index in [1.807, 2.05) is 19.1 Å². The van der Waals surface area contributed by atoms with Crippen LogP contribution in [-0.4, -0.2) is 48.2 Å². The van der Waals surface area contributed by atoms with Crippen LogP contribution in [-0.2, 0) is 0 Å². The van der Waals surface area contributed by atoms with E-state index in [9.17, 15) is 5.11 Å². The van der Waals surface area contributed by atoms with Crippen molar-refractivity contribution >= 4 is 5.82 Å². The van der Waals surface area contributed by atoms with Crippen LogP contribution in [0.5, 0.6) is 0 Å². The highest BCUT2D eigenvalue weighted by Gasteiger charge is 2.15.